The van der Waals surface area contributed by atoms with Gasteiger partial charge in [-0.3, -0.25) is 4.79 Å². The lowest BCUT2D eigenvalue weighted by Crippen LogP contribution is -2.16. The molecule has 1 aromatic carbocycles. The Labute approximate surface area is 108 Å². The lowest BCUT2D eigenvalue weighted by atomic mass is 10.2. The van der Waals surface area contributed by atoms with E-state index >= 15 is 0 Å². The molecular formula is C14H20N2O2. The highest BCUT2D eigenvalue weighted by molar-refractivity contribution is 5.90. The van der Waals surface area contributed by atoms with Crippen molar-refractivity contribution in [3.63, 3.8) is 0 Å². The van der Waals surface area contributed by atoms with E-state index in [1.165, 1.54) is 12.8 Å². The first-order chi connectivity index (χ1) is 8.78. The number of amides is 1. The van der Waals surface area contributed by atoms with E-state index in [1.807, 2.05) is 24.3 Å². The molecule has 3 N–H and O–H groups in total. The lowest BCUT2D eigenvalue weighted by Gasteiger charge is -2.07. The van der Waals surface area contributed by atoms with Gasteiger partial charge >= 0.3 is 0 Å². The van der Waals surface area contributed by atoms with Crippen LogP contribution in [0.15, 0.2) is 24.3 Å². The van der Waals surface area contributed by atoms with E-state index < -0.39 is 0 Å². The molecule has 4 heteroatoms. The van der Waals surface area contributed by atoms with Crippen molar-refractivity contribution < 1.29 is 9.53 Å². The smallest absolute Gasteiger partial charge is 0.225 e. The summed E-state index contributed by atoms with van der Waals surface area (Å²) in [5.74, 6) is 0.728. The first-order valence-electron chi connectivity index (χ1n) is 6.44. The molecule has 0 aliphatic heterocycles. The summed E-state index contributed by atoms with van der Waals surface area (Å²) >= 11 is 0. The molecule has 0 heterocycles. The molecule has 0 atom stereocenters. The summed E-state index contributed by atoms with van der Waals surface area (Å²) in [7, 11) is 0. The molecule has 1 amide bonds. The highest BCUT2D eigenvalue weighted by Gasteiger charge is 2.20. The van der Waals surface area contributed by atoms with Gasteiger partial charge in [-0.2, -0.15) is 0 Å². The number of hydrogen-bond acceptors (Lipinski definition) is 3. The second kappa shape index (κ2) is 6.52. The third-order valence-electron chi connectivity index (χ3n) is 2.90. The quantitative estimate of drug-likeness (QED) is 0.774. The van der Waals surface area contributed by atoms with Crippen molar-refractivity contribution in [2.24, 2.45) is 11.7 Å². The molecule has 98 valence electrons. The molecule has 0 unspecified atom stereocenters. The third kappa shape index (κ3) is 4.47. The Morgan fingerprint density at radius 1 is 1.44 bits per heavy atom. The lowest BCUT2D eigenvalue weighted by molar-refractivity contribution is -0.116. The molecule has 1 aliphatic rings. The van der Waals surface area contributed by atoms with E-state index in [0.29, 0.717) is 19.6 Å². The normalized spacial score (nSPS) is 14.5. The number of benzene rings is 1. The van der Waals surface area contributed by atoms with E-state index in [0.717, 1.165) is 23.8 Å². The summed E-state index contributed by atoms with van der Waals surface area (Å²) < 4.78 is 5.62. The summed E-state index contributed by atoms with van der Waals surface area (Å²) in [5.41, 5.74) is 7.22. The van der Waals surface area contributed by atoms with Crippen LogP contribution in [0.3, 0.4) is 0 Å². The zero-order chi connectivity index (χ0) is 12.8. The van der Waals surface area contributed by atoms with Crippen LogP contribution in [0.25, 0.3) is 0 Å². The fourth-order valence-corrected chi connectivity index (χ4v) is 1.72. The molecular weight excluding hydrogens is 228 g/mol. The van der Waals surface area contributed by atoms with Gasteiger partial charge in [0.25, 0.3) is 0 Å². The fourth-order valence-electron chi connectivity index (χ4n) is 1.72. The summed E-state index contributed by atoms with van der Waals surface area (Å²) in [6.45, 7) is 1.83. The number of nitrogens with two attached hydrogens (primary N) is 1. The molecule has 1 aromatic rings. The molecule has 0 spiro atoms. The molecule has 0 radical (unpaired) electrons. The minimum absolute atomic E-state index is 0.0476. The SMILES string of the molecule is NCCC(=O)Nc1cccc(COCC2CC2)c1. The van der Waals surface area contributed by atoms with E-state index in [2.05, 4.69) is 5.32 Å². The van der Waals surface area contributed by atoms with E-state index in [9.17, 15) is 4.79 Å². The van der Waals surface area contributed by atoms with Crippen molar-refractivity contribution in [2.75, 3.05) is 18.5 Å². The standard InChI is InChI=1S/C14H20N2O2/c15-7-6-14(17)16-13-3-1-2-12(8-13)10-18-9-11-4-5-11/h1-3,8,11H,4-7,9-10,15H2,(H,16,17). The third-order valence-corrected chi connectivity index (χ3v) is 2.90. The number of carbonyl (C=O) groups is 1. The molecule has 1 fully saturated rings. The van der Waals surface area contributed by atoms with Gasteiger partial charge in [0.05, 0.1) is 6.61 Å². The first-order valence-corrected chi connectivity index (χ1v) is 6.44. The van der Waals surface area contributed by atoms with Gasteiger partial charge in [-0.1, -0.05) is 12.1 Å². The maximum atomic E-state index is 11.4. The number of hydrogen-bond donors (Lipinski definition) is 2. The summed E-state index contributed by atoms with van der Waals surface area (Å²) in [6.07, 6.45) is 2.95. The summed E-state index contributed by atoms with van der Waals surface area (Å²) in [4.78, 5) is 11.4. The topological polar surface area (TPSA) is 64.4 Å². The molecule has 18 heavy (non-hydrogen) atoms. The van der Waals surface area contributed by atoms with Gasteiger partial charge in [-0.15, -0.1) is 0 Å². The van der Waals surface area contributed by atoms with Crippen molar-refractivity contribution in [1.29, 1.82) is 0 Å². The first kappa shape index (κ1) is 13.1. The van der Waals surface area contributed by atoms with Crippen LogP contribution in [0.5, 0.6) is 0 Å². The van der Waals surface area contributed by atoms with Gasteiger partial charge < -0.3 is 15.8 Å². The predicted octanol–water partition coefficient (Wildman–Crippen LogP) is 1.90. The van der Waals surface area contributed by atoms with Crippen molar-refractivity contribution in [3.8, 4) is 0 Å². The highest BCUT2D eigenvalue weighted by atomic mass is 16.5. The predicted molar refractivity (Wildman–Crippen MR) is 71.1 cm³/mol. The maximum Gasteiger partial charge on any atom is 0.225 e. The van der Waals surface area contributed by atoms with Crippen molar-refractivity contribution in [3.05, 3.63) is 29.8 Å². The van der Waals surface area contributed by atoms with Crippen LogP contribution in [-0.4, -0.2) is 19.1 Å². The molecule has 0 bridgehead atoms. The maximum absolute atomic E-state index is 11.4. The molecule has 4 nitrogen and oxygen atoms in total. The molecule has 1 aliphatic carbocycles. The number of ether oxygens (including phenoxy) is 1. The van der Waals surface area contributed by atoms with E-state index in [-0.39, 0.29) is 5.91 Å². The van der Waals surface area contributed by atoms with Gasteiger partial charge in [0.2, 0.25) is 5.91 Å². The Kier molecular flexibility index (Phi) is 4.73. The number of rotatable bonds is 7. The van der Waals surface area contributed by atoms with Gasteiger partial charge in [0, 0.05) is 25.3 Å². The number of nitrogens with one attached hydrogen (secondary N) is 1. The Hall–Kier alpha value is -1.39. The Bertz CT molecular complexity index is 403. The van der Waals surface area contributed by atoms with E-state index in [1.54, 1.807) is 0 Å². The van der Waals surface area contributed by atoms with Crippen LogP contribution in [0.4, 0.5) is 5.69 Å². The van der Waals surface area contributed by atoms with Gasteiger partial charge in [0.15, 0.2) is 0 Å². The Morgan fingerprint density at radius 2 is 2.28 bits per heavy atom. The van der Waals surface area contributed by atoms with Crippen molar-refractivity contribution >= 4 is 11.6 Å². The van der Waals surface area contributed by atoms with Crippen LogP contribution in [0.1, 0.15) is 24.8 Å². The summed E-state index contributed by atoms with van der Waals surface area (Å²) in [5, 5.41) is 2.82. The monoisotopic (exact) mass is 248 g/mol. The largest absolute Gasteiger partial charge is 0.376 e. The zero-order valence-electron chi connectivity index (χ0n) is 10.5. The van der Waals surface area contributed by atoms with Crippen LogP contribution < -0.4 is 11.1 Å². The second-order valence-corrected chi connectivity index (χ2v) is 4.75. The van der Waals surface area contributed by atoms with Crippen molar-refractivity contribution in [1.82, 2.24) is 0 Å². The minimum Gasteiger partial charge on any atom is -0.376 e. The van der Waals surface area contributed by atoms with Crippen LogP contribution >= 0.6 is 0 Å². The van der Waals surface area contributed by atoms with Gasteiger partial charge in [-0.25, -0.2) is 0 Å². The van der Waals surface area contributed by atoms with Gasteiger partial charge in [-0.05, 0) is 36.5 Å². The summed E-state index contributed by atoms with van der Waals surface area (Å²) in [6, 6.07) is 7.75. The second-order valence-electron chi connectivity index (χ2n) is 4.75. The molecule has 0 aromatic heterocycles. The van der Waals surface area contributed by atoms with Crippen LogP contribution in [-0.2, 0) is 16.1 Å². The van der Waals surface area contributed by atoms with Crippen LogP contribution in [0.2, 0.25) is 0 Å². The minimum atomic E-state index is -0.0476. The Balaban J connectivity index is 1.81. The van der Waals surface area contributed by atoms with Crippen LogP contribution in [0, 0.1) is 5.92 Å². The number of anilines is 1. The molecule has 1 saturated carbocycles. The highest BCUT2D eigenvalue weighted by Crippen LogP contribution is 2.29. The molecule has 2 rings (SSSR count). The number of carbonyl (C=O) groups excluding carboxylic acids is 1. The fraction of sp³-hybridized carbons (Fsp3) is 0.500. The average molecular weight is 248 g/mol. The van der Waals surface area contributed by atoms with Gasteiger partial charge in [0.1, 0.15) is 0 Å². The molecule has 0 saturated heterocycles. The Morgan fingerprint density at radius 3 is 3.00 bits per heavy atom. The zero-order valence-corrected chi connectivity index (χ0v) is 10.5. The average Bonchev–Trinajstić information content (AvgIpc) is 3.14. The van der Waals surface area contributed by atoms with Crippen molar-refractivity contribution in [2.45, 2.75) is 25.9 Å². The van der Waals surface area contributed by atoms with E-state index in [4.69, 9.17) is 10.5 Å².